The molecule has 1 heterocycles. The van der Waals surface area contributed by atoms with Gasteiger partial charge in [-0.1, -0.05) is 24.3 Å². The summed E-state index contributed by atoms with van der Waals surface area (Å²) in [6, 6.07) is 13.2. The van der Waals surface area contributed by atoms with Crippen molar-refractivity contribution < 1.29 is 19.4 Å². The molecule has 2 aromatic carbocycles. The molecule has 0 saturated carbocycles. The van der Waals surface area contributed by atoms with Gasteiger partial charge in [-0.05, 0) is 29.3 Å². The lowest BCUT2D eigenvalue weighted by atomic mass is 10.1. The number of benzene rings is 2. The molecule has 0 atom stereocenters. The lowest BCUT2D eigenvalue weighted by molar-refractivity contribution is 0.0706. The molecule has 1 aliphatic rings. The Balaban J connectivity index is 1.83. The van der Waals surface area contributed by atoms with Crippen molar-refractivity contribution in [1.82, 2.24) is 4.90 Å². The maximum Gasteiger partial charge on any atom is 0.254 e. The van der Waals surface area contributed by atoms with Gasteiger partial charge in [0.15, 0.2) is 0 Å². The summed E-state index contributed by atoms with van der Waals surface area (Å²) in [6.07, 6.45) is 0. The topological polar surface area (TPSA) is 59.0 Å². The molecule has 5 heteroatoms. The smallest absolute Gasteiger partial charge is 0.254 e. The van der Waals surface area contributed by atoms with Gasteiger partial charge in [0.25, 0.3) is 5.91 Å². The van der Waals surface area contributed by atoms with E-state index in [1.54, 1.807) is 12.0 Å². The van der Waals surface area contributed by atoms with Gasteiger partial charge >= 0.3 is 0 Å². The van der Waals surface area contributed by atoms with Crippen molar-refractivity contribution in [3.8, 4) is 5.75 Å². The second kappa shape index (κ2) is 7.47. The van der Waals surface area contributed by atoms with Crippen LogP contribution in [0.15, 0.2) is 42.5 Å². The summed E-state index contributed by atoms with van der Waals surface area (Å²) >= 11 is 0. The first-order chi connectivity index (χ1) is 11.7. The van der Waals surface area contributed by atoms with Gasteiger partial charge in [-0.25, -0.2) is 0 Å². The molecule has 1 aliphatic heterocycles. The maximum atomic E-state index is 12.9. The second-order valence-corrected chi connectivity index (χ2v) is 5.74. The molecule has 2 aromatic rings. The molecule has 0 fully saturated rings. The van der Waals surface area contributed by atoms with Gasteiger partial charge in [-0.3, -0.25) is 4.79 Å². The minimum absolute atomic E-state index is 0.0884. The highest BCUT2D eigenvalue weighted by molar-refractivity contribution is 5.94. The second-order valence-electron chi connectivity index (χ2n) is 5.74. The molecule has 24 heavy (non-hydrogen) atoms. The molecule has 5 nitrogen and oxygen atoms in total. The Morgan fingerprint density at radius 2 is 2.00 bits per heavy atom. The van der Waals surface area contributed by atoms with Crippen LogP contribution in [0.2, 0.25) is 0 Å². The molecule has 126 valence electrons. The predicted molar refractivity (Wildman–Crippen MR) is 89.8 cm³/mol. The van der Waals surface area contributed by atoms with E-state index in [2.05, 4.69) is 0 Å². The zero-order valence-corrected chi connectivity index (χ0v) is 13.7. The van der Waals surface area contributed by atoms with Crippen molar-refractivity contribution in [3.63, 3.8) is 0 Å². The van der Waals surface area contributed by atoms with E-state index in [9.17, 15) is 9.90 Å². The molecule has 0 radical (unpaired) electrons. The van der Waals surface area contributed by atoms with E-state index in [0.717, 1.165) is 22.4 Å². The minimum atomic E-state index is -0.107. The molecular weight excluding hydrogens is 306 g/mol. The number of carbonyl (C=O) groups excluding carboxylic acids is 1. The van der Waals surface area contributed by atoms with Gasteiger partial charge in [0.05, 0.1) is 26.9 Å². The van der Waals surface area contributed by atoms with Crippen molar-refractivity contribution in [2.24, 2.45) is 0 Å². The van der Waals surface area contributed by atoms with Crippen LogP contribution >= 0.6 is 0 Å². The fraction of sp³-hybridized carbons (Fsp3) is 0.316. The molecule has 0 spiro atoms. The monoisotopic (exact) mass is 327 g/mol. The highest BCUT2D eigenvalue weighted by Crippen LogP contribution is 2.23. The summed E-state index contributed by atoms with van der Waals surface area (Å²) in [5.74, 6) is 0.625. The maximum absolute atomic E-state index is 12.9. The predicted octanol–water partition coefficient (Wildman–Crippen LogP) is 2.36. The molecular formula is C19H21NO4. The number of aliphatic hydroxyl groups is 1. The van der Waals surface area contributed by atoms with Crippen LogP contribution in [-0.4, -0.2) is 36.2 Å². The van der Waals surface area contributed by atoms with Crippen LogP contribution < -0.4 is 4.74 Å². The largest absolute Gasteiger partial charge is 0.496 e. The number of carbonyl (C=O) groups is 1. The quantitative estimate of drug-likeness (QED) is 0.885. The van der Waals surface area contributed by atoms with E-state index in [-0.39, 0.29) is 19.1 Å². The molecule has 0 bridgehead atoms. The van der Waals surface area contributed by atoms with Crippen LogP contribution in [-0.2, 0) is 24.5 Å². The summed E-state index contributed by atoms with van der Waals surface area (Å²) in [5, 5.41) is 9.35. The Bertz CT molecular complexity index is 729. The van der Waals surface area contributed by atoms with Crippen molar-refractivity contribution in [1.29, 1.82) is 0 Å². The Hall–Kier alpha value is -2.37. The molecule has 3 rings (SSSR count). The van der Waals surface area contributed by atoms with Gasteiger partial charge < -0.3 is 19.5 Å². The van der Waals surface area contributed by atoms with Crippen molar-refractivity contribution in [3.05, 3.63) is 64.7 Å². The standard InChI is InChI=1S/C19H21NO4/c1-23-18-5-3-2-4-15(18)11-20(8-9-21)19(22)14-6-7-16-12-24-13-17(16)10-14/h2-7,10,21H,8-9,11-13H2,1H3. The van der Waals surface area contributed by atoms with Crippen LogP contribution in [0.25, 0.3) is 0 Å². The number of hydrogen-bond donors (Lipinski definition) is 1. The van der Waals surface area contributed by atoms with Crippen LogP contribution in [0.1, 0.15) is 27.0 Å². The minimum Gasteiger partial charge on any atom is -0.496 e. The summed E-state index contributed by atoms with van der Waals surface area (Å²) in [5.41, 5.74) is 3.71. The number of aliphatic hydroxyl groups excluding tert-OH is 1. The van der Waals surface area contributed by atoms with E-state index in [4.69, 9.17) is 9.47 Å². The normalized spacial score (nSPS) is 12.8. The number of nitrogens with zero attached hydrogens (tertiary/aromatic N) is 1. The van der Waals surface area contributed by atoms with Crippen LogP contribution in [0.3, 0.4) is 0 Å². The average molecular weight is 327 g/mol. The molecule has 0 aliphatic carbocycles. The van der Waals surface area contributed by atoms with E-state index >= 15 is 0 Å². The van der Waals surface area contributed by atoms with E-state index in [0.29, 0.717) is 25.3 Å². The third-order valence-corrected chi connectivity index (χ3v) is 4.18. The summed E-state index contributed by atoms with van der Waals surface area (Å²) in [7, 11) is 1.61. The number of para-hydroxylation sites is 1. The van der Waals surface area contributed by atoms with Crippen molar-refractivity contribution in [2.75, 3.05) is 20.3 Å². The van der Waals surface area contributed by atoms with E-state index in [1.807, 2.05) is 42.5 Å². The van der Waals surface area contributed by atoms with Gasteiger partial charge in [-0.2, -0.15) is 0 Å². The van der Waals surface area contributed by atoms with Gasteiger partial charge in [0.2, 0.25) is 0 Å². The van der Waals surface area contributed by atoms with E-state index < -0.39 is 0 Å². The average Bonchev–Trinajstić information content (AvgIpc) is 3.09. The van der Waals surface area contributed by atoms with Gasteiger partial charge in [0.1, 0.15) is 5.75 Å². The number of rotatable bonds is 6. The highest BCUT2D eigenvalue weighted by atomic mass is 16.5. The zero-order valence-electron chi connectivity index (χ0n) is 13.7. The van der Waals surface area contributed by atoms with Gasteiger partial charge in [0, 0.05) is 24.2 Å². The van der Waals surface area contributed by atoms with Crippen LogP contribution in [0, 0.1) is 0 Å². The molecule has 1 N–H and O–H groups in total. The lowest BCUT2D eigenvalue weighted by Gasteiger charge is -2.23. The first-order valence-corrected chi connectivity index (χ1v) is 7.94. The summed E-state index contributed by atoms with van der Waals surface area (Å²) in [4.78, 5) is 14.5. The van der Waals surface area contributed by atoms with Crippen molar-refractivity contribution in [2.45, 2.75) is 19.8 Å². The third kappa shape index (κ3) is 3.42. The number of hydrogen-bond acceptors (Lipinski definition) is 4. The first kappa shape index (κ1) is 16.5. The van der Waals surface area contributed by atoms with Crippen LogP contribution in [0.5, 0.6) is 5.75 Å². The Kier molecular flexibility index (Phi) is 5.13. The van der Waals surface area contributed by atoms with E-state index in [1.165, 1.54) is 0 Å². The lowest BCUT2D eigenvalue weighted by Crippen LogP contribution is -2.33. The highest BCUT2D eigenvalue weighted by Gasteiger charge is 2.20. The summed E-state index contributed by atoms with van der Waals surface area (Å²) in [6.45, 7) is 1.71. The van der Waals surface area contributed by atoms with Crippen LogP contribution in [0.4, 0.5) is 0 Å². The Morgan fingerprint density at radius 3 is 2.79 bits per heavy atom. The first-order valence-electron chi connectivity index (χ1n) is 7.94. The molecule has 0 aromatic heterocycles. The number of amides is 1. The van der Waals surface area contributed by atoms with Gasteiger partial charge in [-0.15, -0.1) is 0 Å². The number of fused-ring (bicyclic) bond motifs is 1. The van der Waals surface area contributed by atoms with Crippen molar-refractivity contribution >= 4 is 5.91 Å². The Morgan fingerprint density at radius 1 is 1.21 bits per heavy atom. The number of methoxy groups -OCH3 is 1. The third-order valence-electron chi connectivity index (χ3n) is 4.18. The Labute approximate surface area is 141 Å². The molecule has 0 unspecified atom stereocenters. The fourth-order valence-corrected chi connectivity index (χ4v) is 2.90. The molecule has 0 saturated heterocycles. The zero-order chi connectivity index (χ0) is 16.9. The summed E-state index contributed by atoms with van der Waals surface area (Å²) < 4.78 is 10.8. The SMILES string of the molecule is COc1ccccc1CN(CCO)C(=O)c1ccc2c(c1)COC2. The fourth-order valence-electron chi connectivity index (χ4n) is 2.90. The molecule has 1 amide bonds. The number of ether oxygens (including phenoxy) is 2.